The van der Waals surface area contributed by atoms with E-state index in [9.17, 15) is 18.0 Å². The molecule has 0 N–H and O–H groups in total. The van der Waals surface area contributed by atoms with Gasteiger partial charge in [0, 0.05) is 11.8 Å². The fraction of sp³-hybridized carbons (Fsp3) is 0.714. The lowest BCUT2D eigenvalue weighted by molar-refractivity contribution is -0.132. The molecule has 2 rings (SSSR count). The van der Waals surface area contributed by atoms with Gasteiger partial charge in [-0.2, -0.15) is 13.2 Å². The molecule has 1 amide bonds. The van der Waals surface area contributed by atoms with Crippen LogP contribution in [-0.2, 0) is 9.53 Å². The van der Waals surface area contributed by atoms with Crippen LogP contribution in [0.25, 0.3) is 0 Å². The van der Waals surface area contributed by atoms with Crippen molar-refractivity contribution in [1.82, 2.24) is 4.98 Å². The van der Waals surface area contributed by atoms with E-state index in [1.54, 1.807) is 12.3 Å². The molecule has 0 spiro atoms. The second kappa shape index (κ2) is 6.95. The van der Waals surface area contributed by atoms with Crippen LogP contribution in [0.15, 0.2) is 5.38 Å². The van der Waals surface area contributed by atoms with E-state index in [0.29, 0.717) is 12.1 Å². The Hall–Kier alpha value is -1.15. The van der Waals surface area contributed by atoms with Gasteiger partial charge in [0.15, 0.2) is 5.13 Å². The second-order valence-electron chi connectivity index (χ2n) is 5.55. The van der Waals surface area contributed by atoms with Gasteiger partial charge in [-0.3, -0.25) is 9.69 Å². The van der Waals surface area contributed by atoms with Crippen LogP contribution in [0.1, 0.15) is 38.3 Å². The monoisotopic (exact) mass is 336 g/mol. The van der Waals surface area contributed by atoms with E-state index in [4.69, 9.17) is 4.74 Å². The predicted molar refractivity (Wildman–Crippen MR) is 78.1 cm³/mol. The molecule has 124 valence electrons. The molecule has 0 bridgehead atoms. The van der Waals surface area contributed by atoms with Crippen LogP contribution in [-0.4, -0.2) is 35.8 Å². The van der Waals surface area contributed by atoms with Crippen molar-refractivity contribution in [2.45, 2.75) is 57.9 Å². The Kier molecular flexibility index (Phi) is 5.44. The molecular weight excluding hydrogens is 317 g/mol. The van der Waals surface area contributed by atoms with Crippen LogP contribution in [0.3, 0.4) is 0 Å². The molecule has 2 heterocycles. The normalized spacial score (nSPS) is 22.0. The molecule has 1 aliphatic rings. The largest absolute Gasteiger partial charge is 0.406 e. The van der Waals surface area contributed by atoms with Crippen molar-refractivity contribution in [1.29, 1.82) is 0 Å². The number of nitrogens with zero attached hydrogens (tertiary/aromatic N) is 2. The van der Waals surface area contributed by atoms with E-state index in [0.717, 1.165) is 29.1 Å². The van der Waals surface area contributed by atoms with Crippen molar-refractivity contribution in [2.75, 3.05) is 11.4 Å². The number of thiazole rings is 1. The zero-order chi connectivity index (χ0) is 16.3. The van der Waals surface area contributed by atoms with E-state index < -0.39 is 18.6 Å². The summed E-state index contributed by atoms with van der Waals surface area (Å²) in [6.07, 6.45) is -2.07. The first kappa shape index (κ1) is 17.2. The Morgan fingerprint density at radius 1 is 1.50 bits per heavy atom. The summed E-state index contributed by atoms with van der Waals surface area (Å²) >= 11 is 1.05. The topological polar surface area (TPSA) is 42.4 Å². The molecule has 0 saturated carbocycles. The summed E-state index contributed by atoms with van der Waals surface area (Å²) in [4.78, 5) is 16.9. The molecule has 1 aliphatic heterocycles. The Morgan fingerprint density at radius 2 is 2.23 bits per heavy atom. The maximum Gasteiger partial charge on any atom is 0.406 e. The summed E-state index contributed by atoms with van der Waals surface area (Å²) in [6, 6.07) is 0. The lowest BCUT2D eigenvalue weighted by Crippen LogP contribution is -2.39. The molecule has 1 aromatic rings. The zero-order valence-electron chi connectivity index (χ0n) is 12.5. The average molecular weight is 336 g/mol. The molecule has 2 unspecified atom stereocenters. The standard InChI is InChI=1S/C14H19F3N2O2S/c1-9-7-22-13(18-9)19(8-14(15,16)17)12(20)6-5-11-4-3-10(2)21-11/h7,10-11H,3-6,8H2,1-2H3. The summed E-state index contributed by atoms with van der Waals surface area (Å²) in [7, 11) is 0. The maximum atomic E-state index is 12.7. The Morgan fingerprint density at radius 3 is 2.73 bits per heavy atom. The number of halogens is 3. The highest BCUT2D eigenvalue weighted by atomic mass is 32.1. The van der Waals surface area contributed by atoms with Gasteiger partial charge < -0.3 is 4.74 Å². The molecule has 1 saturated heterocycles. The van der Waals surface area contributed by atoms with Gasteiger partial charge in [-0.15, -0.1) is 11.3 Å². The average Bonchev–Trinajstić information content (AvgIpc) is 3.01. The van der Waals surface area contributed by atoms with Crippen LogP contribution in [0.4, 0.5) is 18.3 Å². The molecular formula is C14H19F3N2O2S. The Labute approximate surface area is 131 Å². The molecule has 8 heteroatoms. The van der Waals surface area contributed by atoms with Gasteiger partial charge in [-0.25, -0.2) is 4.98 Å². The summed E-state index contributed by atoms with van der Waals surface area (Å²) in [5, 5.41) is 1.73. The van der Waals surface area contributed by atoms with E-state index in [2.05, 4.69) is 4.98 Å². The smallest absolute Gasteiger partial charge is 0.375 e. The van der Waals surface area contributed by atoms with E-state index in [1.165, 1.54) is 0 Å². The molecule has 0 aliphatic carbocycles. The number of ether oxygens (including phenoxy) is 1. The van der Waals surface area contributed by atoms with Crippen LogP contribution in [0.5, 0.6) is 0 Å². The Bertz CT molecular complexity index is 518. The number of carbonyl (C=O) groups is 1. The van der Waals surface area contributed by atoms with Crippen LogP contribution < -0.4 is 4.90 Å². The molecule has 1 aromatic heterocycles. The third-order valence-corrected chi connectivity index (χ3v) is 4.46. The lowest BCUT2D eigenvalue weighted by Gasteiger charge is -2.22. The third kappa shape index (κ3) is 4.95. The van der Waals surface area contributed by atoms with Crippen LogP contribution >= 0.6 is 11.3 Å². The van der Waals surface area contributed by atoms with Crippen molar-refractivity contribution in [2.24, 2.45) is 0 Å². The highest BCUT2D eigenvalue weighted by Crippen LogP contribution is 2.27. The van der Waals surface area contributed by atoms with Gasteiger partial charge in [0.25, 0.3) is 0 Å². The van der Waals surface area contributed by atoms with Gasteiger partial charge in [-0.1, -0.05) is 0 Å². The molecule has 0 aromatic carbocycles. The van der Waals surface area contributed by atoms with Gasteiger partial charge in [-0.05, 0) is 33.1 Å². The van der Waals surface area contributed by atoms with Crippen molar-refractivity contribution in [3.05, 3.63) is 11.1 Å². The van der Waals surface area contributed by atoms with E-state index >= 15 is 0 Å². The van der Waals surface area contributed by atoms with Gasteiger partial charge in [0.05, 0.1) is 17.9 Å². The Balaban J connectivity index is 1.99. The van der Waals surface area contributed by atoms with E-state index in [-0.39, 0.29) is 23.8 Å². The number of alkyl halides is 3. The van der Waals surface area contributed by atoms with Crippen LogP contribution in [0.2, 0.25) is 0 Å². The molecule has 0 radical (unpaired) electrons. The fourth-order valence-corrected chi connectivity index (χ4v) is 3.24. The molecule has 2 atom stereocenters. The fourth-order valence-electron chi connectivity index (χ4n) is 2.42. The first-order chi connectivity index (χ1) is 10.2. The van der Waals surface area contributed by atoms with E-state index in [1.807, 2.05) is 6.92 Å². The number of hydrogen-bond donors (Lipinski definition) is 0. The van der Waals surface area contributed by atoms with Gasteiger partial charge >= 0.3 is 6.18 Å². The van der Waals surface area contributed by atoms with Gasteiger partial charge in [0.2, 0.25) is 5.91 Å². The zero-order valence-corrected chi connectivity index (χ0v) is 13.3. The SMILES string of the molecule is Cc1csc(N(CC(F)(F)F)C(=O)CCC2CCC(C)O2)n1. The molecule has 22 heavy (non-hydrogen) atoms. The summed E-state index contributed by atoms with van der Waals surface area (Å²) < 4.78 is 43.7. The first-order valence-corrected chi connectivity index (χ1v) is 8.07. The van der Waals surface area contributed by atoms with Crippen molar-refractivity contribution in [3.63, 3.8) is 0 Å². The van der Waals surface area contributed by atoms with Crippen molar-refractivity contribution >= 4 is 22.4 Å². The minimum Gasteiger partial charge on any atom is -0.375 e. The number of aromatic nitrogens is 1. The molecule has 4 nitrogen and oxygen atoms in total. The number of hydrogen-bond acceptors (Lipinski definition) is 4. The minimum atomic E-state index is -4.45. The minimum absolute atomic E-state index is 0.0338. The van der Waals surface area contributed by atoms with Gasteiger partial charge in [0.1, 0.15) is 6.54 Å². The van der Waals surface area contributed by atoms with Crippen LogP contribution in [0, 0.1) is 6.92 Å². The maximum absolute atomic E-state index is 12.7. The lowest BCUT2D eigenvalue weighted by atomic mass is 10.1. The summed E-state index contributed by atoms with van der Waals surface area (Å²) in [5.74, 6) is -0.560. The first-order valence-electron chi connectivity index (χ1n) is 7.19. The predicted octanol–water partition coefficient (Wildman–Crippen LogP) is 3.69. The van der Waals surface area contributed by atoms with Crippen molar-refractivity contribution < 1.29 is 22.7 Å². The quantitative estimate of drug-likeness (QED) is 0.823. The number of anilines is 1. The number of rotatable bonds is 5. The van der Waals surface area contributed by atoms with Crippen molar-refractivity contribution in [3.8, 4) is 0 Å². The summed E-state index contributed by atoms with van der Waals surface area (Å²) in [6.45, 7) is 2.33. The summed E-state index contributed by atoms with van der Waals surface area (Å²) in [5.41, 5.74) is 0.605. The highest BCUT2D eigenvalue weighted by Gasteiger charge is 2.35. The second-order valence-corrected chi connectivity index (χ2v) is 6.39. The number of amides is 1. The highest BCUT2D eigenvalue weighted by molar-refractivity contribution is 7.14. The third-order valence-electron chi connectivity index (χ3n) is 3.48. The number of carbonyl (C=O) groups excluding carboxylic acids is 1. The number of aryl methyl sites for hydroxylation is 1. The molecule has 1 fully saturated rings.